The first kappa shape index (κ1) is 15.3. The molecular weight excluding hydrogens is 252 g/mol. The Hall–Kier alpha value is -1.06. The van der Waals surface area contributed by atoms with E-state index in [4.69, 9.17) is 0 Å². The van der Waals surface area contributed by atoms with Crippen LogP contribution in [0.15, 0.2) is 0 Å². The topological polar surface area (TPSA) is 49.4 Å². The number of nitrogens with zero attached hydrogens (tertiary/aromatic N) is 1. The van der Waals surface area contributed by atoms with Gasteiger partial charge in [-0.05, 0) is 38.0 Å². The van der Waals surface area contributed by atoms with Gasteiger partial charge >= 0.3 is 0 Å². The first-order valence-electron chi connectivity index (χ1n) is 7.91. The van der Waals surface area contributed by atoms with E-state index in [9.17, 15) is 9.59 Å². The minimum absolute atomic E-state index is 0.0277. The predicted molar refractivity (Wildman–Crippen MR) is 79.0 cm³/mol. The van der Waals surface area contributed by atoms with E-state index in [2.05, 4.69) is 31.0 Å². The third-order valence-corrected chi connectivity index (χ3v) is 5.04. The van der Waals surface area contributed by atoms with Crippen LogP contribution in [0.1, 0.15) is 47.5 Å². The molecule has 20 heavy (non-hydrogen) atoms. The number of likely N-dealkylation sites (tertiary alicyclic amines) is 1. The summed E-state index contributed by atoms with van der Waals surface area (Å²) in [5, 5.41) is 3.06. The maximum atomic E-state index is 12.2. The number of carbonyl (C=O) groups excluding carboxylic acids is 2. The van der Waals surface area contributed by atoms with Gasteiger partial charge in [0.05, 0.1) is 0 Å². The molecule has 1 N–H and O–H groups in total. The van der Waals surface area contributed by atoms with Gasteiger partial charge in [-0.3, -0.25) is 9.59 Å². The summed E-state index contributed by atoms with van der Waals surface area (Å²) in [6, 6.07) is 0.673. The van der Waals surface area contributed by atoms with Crippen molar-refractivity contribution in [1.82, 2.24) is 10.2 Å². The lowest BCUT2D eigenvalue weighted by Gasteiger charge is -2.28. The molecule has 0 aromatic heterocycles. The van der Waals surface area contributed by atoms with Crippen LogP contribution in [0.25, 0.3) is 0 Å². The van der Waals surface area contributed by atoms with E-state index in [1.165, 1.54) is 0 Å². The smallest absolute Gasteiger partial charge is 0.223 e. The van der Waals surface area contributed by atoms with Crippen LogP contribution in [0.2, 0.25) is 0 Å². The number of rotatable bonds is 4. The van der Waals surface area contributed by atoms with Crippen LogP contribution in [-0.2, 0) is 9.59 Å². The quantitative estimate of drug-likeness (QED) is 0.856. The molecule has 2 fully saturated rings. The molecule has 2 rings (SSSR count). The summed E-state index contributed by atoms with van der Waals surface area (Å²) in [7, 11) is 0. The fourth-order valence-electron chi connectivity index (χ4n) is 3.98. The molecular formula is C16H28N2O2. The highest BCUT2D eigenvalue weighted by molar-refractivity contribution is 5.80. The van der Waals surface area contributed by atoms with Crippen molar-refractivity contribution in [2.75, 3.05) is 6.54 Å². The van der Waals surface area contributed by atoms with Gasteiger partial charge in [-0.1, -0.05) is 20.8 Å². The lowest BCUT2D eigenvalue weighted by Crippen LogP contribution is -2.39. The number of fused-ring (bicyclic) bond motifs is 1. The second kappa shape index (κ2) is 5.74. The van der Waals surface area contributed by atoms with Gasteiger partial charge in [0.2, 0.25) is 11.8 Å². The van der Waals surface area contributed by atoms with Crippen molar-refractivity contribution in [3.63, 3.8) is 0 Å². The van der Waals surface area contributed by atoms with Crippen LogP contribution in [0.4, 0.5) is 0 Å². The highest BCUT2D eigenvalue weighted by Gasteiger charge is 2.51. The number of carbonyl (C=O) groups is 2. The standard InChI is InChI=1S/C16H28N2O2/c1-9(2)16(20)17-8-13-11(5)6-14-12(13)7-15(19)18(14)10(3)4/h9-14H,6-8H2,1-5H3,(H,17,20)/t11-,12-,13+,14+/m0/s1. The summed E-state index contributed by atoms with van der Waals surface area (Å²) in [4.78, 5) is 26.0. The fourth-order valence-corrected chi connectivity index (χ4v) is 3.98. The van der Waals surface area contributed by atoms with E-state index >= 15 is 0 Å². The maximum absolute atomic E-state index is 12.2. The van der Waals surface area contributed by atoms with Crippen LogP contribution in [0.3, 0.4) is 0 Å². The van der Waals surface area contributed by atoms with Crippen LogP contribution < -0.4 is 5.32 Å². The second-order valence-electron chi connectivity index (χ2n) is 7.11. The minimum Gasteiger partial charge on any atom is -0.356 e. The van der Waals surface area contributed by atoms with Gasteiger partial charge in [0.1, 0.15) is 0 Å². The number of hydrogen-bond acceptors (Lipinski definition) is 2. The van der Waals surface area contributed by atoms with Crippen LogP contribution in [0, 0.1) is 23.7 Å². The van der Waals surface area contributed by atoms with Gasteiger partial charge in [-0.15, -0.1) is 0 Å². The normalized spacial score (nSPS) is 33.1. The lowest BCUT2D eigenvalue weighted by molar-refractivity contribution is -0.130. The molecule has 2 aliphatic rings. The molecule has 0 radical (unpaired) electrons. The van der Waals surface area contributed by atoms with Crippen molar-refractivity contribution in [1.29, 1.82) is 0 Å². The Balaban J connectivity index is 2.02. The molecule has 0 aromatic rings. The zero-order valence-corrected chi connectivity index (χ0v) is 13.3. The first-order valence-corrected chi connectivity index (χ1v) is 7.91. The summed E-state index contributed by atoms with van der Waals surface area (Å²) >= 11 is 0. The van der Waals surface area contributed by atoms with E-state index in [0.717, 1.165) is 13.0 Å². The molecule has 1 saturated carbocycles. The Kier molecular flexibility index (Phi) is 4.40. The molecule has 0 aromatic carbocycles. The number of nitrogens with one attached hydrogen (secondary N) is 1. The zero-order valence-electron chi connectivity index (χ0n) is 13.3. The Morgan fingerprint density at radius 2 is 2.00 bits per heavy atom. The van der Waals surface area contributed by atoms with Crippen molar-refractivity contribution in [3.8, 4) is 0 Å². The molecule has 1 aliphatic carbocycles. The molecule has 0 spiro atoms. The van der Waals surface area contributed by atoms with E-state index in [1.807, 2.05) is 13.8 Å². The largest absolute Gasteiger partial charge is 0.356 e. The number of amides is 2. The zero-order chi connectivity index (χ0) is 15.0. The molecule has 4 heteroatoms. The summed E-state index contributed by atoms with van der Waals surface area (Å²) in [6.07, 6.45) is 1.74. The van der Waals surface area contributed by atoms with E-state index in [-0.39, 0.29) is 17.9 Å². The molecule has 2 amide bonds. The molecule has 1 saturated heterocycles. The lowest BCUT2D eigenvalue weighted by atomic mass is 9.88. The highest BCUT2D eigenvalue weighted by Crippen LogP contribution is 2.46. The fraction of sp³-hybridized carbons (Fsp3) is 0.875. The minimum atomic E-state index is 0.0277. The first-order chi connectivity index (χ1) is 9.32. The van der Waals surface area contributed by atoms with Gasteiger partial charge in [-0.2, -0.15) is 0 Å². The highest BCUT2D eigenvalue weighted by atomic mass is 16.2. The third-order valence-electron chi connectivity index (χ3n) is 5.04. The average Bonchev–Trinajstić information content (AvgIpc) is 2.79. The SMILES string of the molecule is CC(C)C(=O)NC[C@H]1[C@@H]2CC(=O)N(C(C)C)[C@@H]2C[C@@H]1C. The Morgan fingerprint density at radius 3 is 2.55 bits per heavy atom. The molecule has 0 unspecified atom stereocenters. The third kappa shape index (κ3) is 2.70. The van der Waals surface area contributed by atoms with Crippen molar-refractivity contribution in [2.45, 2.75) is 59.5 Å². The van der Waals surface area contributed by atoms with Gasteiger partial charge in [-0.25, -0.2) is 0 Å². The van der Waals surface area contributed by atoms with Gasteiger partial charge in [0.15, 0.2) is 0 Å². The van der Waals surface area contributed by atoms with Gasteiger partial charge < -0.3 is 10.2 Å². The average molecular weight is 280 g/mol. The predicted octanol–water partition coefficient (Wildman–Crippen LogP) is 2.04. The van der Waals surface area contributed by atoms with E-state index < -0.39 is 0 Å². The van der Waals surface area contributed by atoms with Crippen molar-refractivity contribution in [3.05, 3.63) is 0 Å². The molecule has 1 aliphatic heterocycles. The molecule has 1 heterocycles. The summed E-state index contributed by atoms with van der Waals surface area (Å²) in [5.41, 5.74) is 0. The van der Waals surface area contributed by atoms with E-state index in [0.29, 0.717) is 36.1 Å². The Labute approximate surface area is 122 Å². The maximum Gasteiger partial charge on any atom is 0.223 e. The van der Waals surface area contributed by atoms with Crippen molar-refractivity contribution in [2.24, 2.45) is 23.7 Å². The summed E-state index contributed by atoms with van der Waals surface area (Å²) < 4.78 is 0. The molecule has 4 atom stereocenters. The van der Waals surface area contributed by atoms with Crippen LogP contribution in [-0.4, -0.2) is 35.3 Å². The monoisotopic (exact) mass is 280 g/mol. The van der Waals surface area contributed by atoms with Gasteiger partial charge in [0.25, 0.3) is 0 Å². The summed E-state index contributed by atoms with van der Waals surface area (Å²) in [5.74, 6) is 1.88. The Bertz CT molecular complexity index is 392. The van der Waals surface area contributed by atoms with Gasteiger partial charge in [0, 0.05) is 31.0 Å². The second-order valence-corrected chi connectivity index (χ2v) is 7.11. The molecule has 0 bridgehead atoms. The van der Waals surface area contributed by atoms with Crippen LogP contribution >= 0.6 is 0 Å². The Morgan fingerprint density at radius 1 is 1.35 bits per heavy atom. The number of hydrogen-bond donors (Lipinski definition) is 1. The van der Waals surface area contributed by atoms with Crippen molar-refractivity contribution < 1.29 is 9.59 Å². The van der Waals surface area contributed by atoms with Crippen LogP contribution in [0.5, 0.6) is 0 Å². The van der Waals surface area contributed by atoms with E-state index in [1.54, 1.807) is 0 Å². The van der Waals surface area contributed by atoms with Crippen molar-refractivity contribution >= 4 is 11.8 Å². The molecule has 4 nitrogen and oxygen atoms in total. The summed E-state index contributed by atoms with van der Waals surface area (Å²) in [6.45, 7) is 11.0. The molecule has 114 valence electrons.